The van der Waals surface area contributed by atoms with Gasteiger partial charge in [-0.25, -0.2) is 0 Å². The Morgan fingerprint density at radius 2 is 1.85 bits per heavy atom. The highest BCUT2D eigenvalue weighted by atomic mass is 14.8. The molecule has 2 aliphatic carbocycles. The summed E-state index contributed by atoms with van der Waals surface area (Å²) in [5.74, 6) is 1.59. The molecule has 4 atom stereocenters. The number of rotatable bonds is 0. The van der Waals surface area contributed by atoms with E-state index in [0.717, 1.165) is 18.3 Å². The average molecular weight is 182 g/mol. The van der Waals surface area contributed by atoms with Gasteiger partial charge in [-0.2, -0.15) is 0 Å². The average Bonchev–Trinajstić information content (AvgIpc) is 1.75. The summed E-state index contributed by atoms with van der Waals surface area (Å²) >= 11 is 0. The van der Waals surface area contributed by atoms with E-state index in [0.29, 0.717) is 0 Å². The summed E-state index contributed by atoms with van der Waals surface area (Å²) in [5, 5.41) is 0. The Morgan fingerprint density at radius 1 is 1.15 bits per heavy atom. The molecular weight excluding hydrogens is 160 g/mol. The molecular formula is C11H22N2. The van der Waals surface area contributed by atoms with Gasteiger partial charge in [-0.15, -0.1) is 0 Å². The summed E-state index contributed by atoms with van der Waals surface area (Å²) in [4.78, 5) is 0. The summed E-state index contributed by atoms with van der Waals surface area (Å²) in [6.07, 6.45) is 5.92. The van der Waals surface area contributed by atoms with E-state index < -0.39 is 0 Å². The normalized spacial score (nSPS) is 56.3. The van der Waals surface area contributed by atoms with Crippen molar-refractivity contribution in [3.63, 3.8) is 0 Å². The molecule has 76 valence electrons. The molecule has 0 radical (unpaired) electrons. The molecule has 2 nitrogen and oxygen atoms in total. The Balaban J connectivity index is 2.17. The Bertz CT molecular complexity index is 206. The molecule has 2 saturated carbocycles. The van der Waals surface area contributed by atoms with Crippen LogP contribution in [0.5, 0.6) is 0 Å². The molecule has 0 saturated heterocycles. The van der Waals surface area contributed by atoms with Crippen LogP contribution >= 0.6 is 0 Å². The maximum absolute atomic E-state index is 6.39. The van der Waals surface area contributed by atoms with E-state index in [4.69, 9.17) is 11.5 Å². The maximum atomic E-state index is 6.39. The van der Waals surface area contributed by atoms with Gasteiger partial charge in [-0.3, -0.25) is 0 Å². The largest absolute Gasteiger partial charge is 0.325 e. The van der Waals surface area contributed by atoms with Crippen LogP contribution in [0.25, 0.3) is 0 Å². The van der Waals surface area contributed by atoms with Crippen LogP contribution in [0.15, 0.2) is 0 Å². The Hall–Kier alpha value is -0.0800. The van der Waals surface area contributed by atoms with E-state index in [2.05, 4.69) is 13.8 Å². The Kier molecular flexibility index (Phi) is 1.97. The minimum Gasteiger partial charge on any atom is -0.325 e. The van der Waals surface area contributed by atoms with E-state index in [-0.39, 0.29) is 11.1 Å². The number of fused-ring (bicyclic) bond motifs is 2. The van der Waals surface area contributed by atoms with Crippen molar-refractivity contribution in [2.45, 2.75) is 57.0 Å². The summed E-state index contributed by atoms with van der Waals surface area (Å²) in [6, 6.07) is 0. The van der Waals surface area contributed by atoms with Gasteiger partial charge in [-0.05, 0) is 50.9 Å². The first kappa shape index (κ1) is 9.47. The zero-order chi connectivity index (χ0) is 9.69. The second kappa shape index (κ2) is 2.71. The van der Waals surface area contributed by atoms with Gasteiger partial charge in [0.1, 0.15) is 0 Å². The molecule has 2 rings (SSSR count). The fourth-order valence-electron chi connectivity index (χ4n) is 3.92. The SMILES string of the molecule is CC1CC2CC(C)(N)CC(N)(C1)C2. The maximum Gasteiger partial charge on any atom is 0.0176 e. The smallest absolute Gasteiger partial charge is 0.0176 e. The number of hydrogen-bond acceptors (Lipinski definition) is 2. The zero-order valence-electron chi connectivity index (χ0n) is 8.84. The number of nitrogens with two attached hydrogens (primary N) is 2. The van der Waals surface area contributed by atoms with Gasteiger partial charge in [0.2, 0.25) is 0 Å². The Morgan fingerprint density at radius 3 is 2.46 bits per heavy atom. The minimum atomic E-state index is -0.00218. The zero-order valence-corrected chi connectivity index (χ0v) is 8.84. The predicted molar refractivity (Wildman–Crippen MR) is 55.2 cm³/mol. The van der Waals surface area contributed by atoms with Crippen LogP contribution in [-0.4, -0.2) is 11.1 Å². The second-order valence-corrected chi connectivity index (χ2v) is 6.01. The van der Waals surface area contributed by atoms with E-state index in [1.807, 2.05) is 0 Å². The first-order valence-corrected chi connectivity index (χ1v) is 5.46. The van der Waals surface area contributed by atoms with Crippen LogP contribution in [0, 0.1) is 11.8 Å². The van der Waals surface area contributed by atoms with Crippen molar-refractivity contribution in [3.8, 4) is 0 Å². The highest BCUT2D eigenvalue weighted by Crippen LogP contribution is 2.46. The van der Waals surface area contributed by atoms with Crippen molar-refractivity contribution in [2.75, 3.05) is 0 Å². The van der Waals surface area contributed by atoms with Crippen molar-refractivity contribution in [1.29, 1.82) is 0 Å². The van der Waals surface area contributed by atoms with Crippen LogP contribution in [0.1, 0.15) is 46.0 Å². The fourth-order valence-corrected chi connectivity index (χ4v) is 3.92. The van der Waals surface area contributed by atoms with E-state index >= 15 is 0 Å². The summed E-state index contributed by atoms with van der Waals surface area (Å²) in [6.45, 7) is 4.49. The quantitative estimate of drug-likeness (QED) is 0.598. The fraction of sp³-hybridized carbons (Fsp3) is 1.00. The molecule has 4 N–H and O–H groups in total. The lowest BCUT2D eigenvalue weighted by atomic mass is 9.59. The third-order valence-electron chi connectivity index (χ3n) is 3.70. The van der Waals surface area contributed by atoms with Crippen LogP contribution in [0.2, 0.25) is 0 Å². The lowest BCUT2D eigenvalue weighted by Crippen LogP contribution is -2.59. The van der Waals surface area contributed by atoms with Crippen LogP contribution in [0.3, 0.4) is 0 Å². The highest BCUT2D eigenvalue weighted by Gasteiger charge is 2.45. The molecule has 2 aliphatic rings. The minimum absolute atomic E-state index is 0.00218. The Labute approximate surface area is 81.1 Å². The summed E-state index contributed by atoms with van der Waals surface area (Å²) in [5.41, 5.74) is 12.7. The summed E-state index contributed by atoms with van der Waals surface area (Å²) < 4.78 is 0. The first-order valence-electron chi connectivity index (χ1n) is 5.46. The van der Waals surface area contributed by atoms with Crippen molar-refractivity contribution < 1.29 is 0 Å². The lowest BCUT2D eigenvalue weighted by Gasteiger charge is -2.51. The van der Waals surface area contributed by atoms with Gasteiger partial charge < -0.3 is 11.5 Å². The topological polar surface area (TPSA) is 52.0 Å². The van der Waals surface area contributed by atoms with Crippen molar-refractivity contribution in [3.05, 3.63) is 0 Å². The van der Waals surface area contributed by atoms with Gasteiger partial charge in [0.05, 0.1) is 0 Å². The molecule has 0 aliphatic heterocycles. The van der Waals surface area contributed by atoms with E-state index in [1.54, 1.807) is 0 Å². The molecule has 4 unspecified atom stereocenters. The third-order valence-corrected chi connectivity index (χ3v) is 3.70. The summed E-state index contributed by atoms with van der Waals surface area (Å²) in [7, 11) is 0. The van der Waals surface area contributed by atoms with Crippen LogP contribution in [-0.2, 0) is 0 Å². The molecule has 2 heteroatoms. The van der Waals surface area contributed by atoms with Crippen molar-refractivity contribution in [2.24, 2.45) is 23.3 Å². The molecule has 13 heavy (non-hydrogen) atoms. The standard InChI is InChI=1S/C11H22N2/c1-8-3-9-5-10(2,12)7-11(13,4-8)6-9/h8-9H,3-7,12-13H2,1-2H3. The molecule has 2 fully saturated rings. The van der Waals surface area contributed by atoms with Crippen LogP contribution < -0.4 is 11.5 Å². The molecule has 2 bridgehead atoms. The van der Waals surface area contributed by atoms with Gasteiger partial charge in [0.15, 0.2) is 0 Å². The van der Waals surface area contributed by atoms with Crippen LogP contribution in [0.4, 0.5) is 0 Å². The number of hydrogen-bond donors (Lipinski definition) is 2. The van der Waals surface area contributed by atoms with Gasteiger partial charge in [-0.1, -0.05) is 6.92 Å². The predicted octanol–water partition coefficient (Wildman–Crippen LogP) is 1.63. The van der Waals surface area contributed by atoms with Gasteiger partial charge in [0.25, 0.3) is 0 Å². The van der Waals surface area contributed by atoms with Gasteiger partial charge >= 0.3 is 0 Å². The lowest BCUT2D eigenvalue weighted by molar-refractivity contribution is 0.0686. The molecule has 0 aromatic heterocycles. The van der Waals surface area contributed by atoms with E-state index in [9.17, 15) is 0 Å². The van der Waals surface area contributed by atoms with Crippen molar-refractivity contribution in [1.82, 2.24) is 0 Å². The highest BCUT2D eigenvalue weighted by molar-refractivity contribution is 5.05. The molecule has 0 amide bonds. The van der Waals surface area contributed by atoms with Gasteiger partial charge in [0, 0.05) is 11.1 Å². The molecule has 0 aromatic carbocycles. The molecule has 0 aromatic rings. The second-order valence-electron chi connectivity index (χ2n) is 6.01. The molecule has 0 spiro atoms. The third kappa shape index (κ3) is 1.89. The first-order chi connectivity index (χ1) is 5.89. The monoisotopic (exact) mass is 182 g/mol. The molecule has 0 heterocycles. The van der Waals surface area contributed by atoms with E-state index in [1.165, 1.54) is 25.7 Å². The van der Waals surface area contributed by atoms with Crippen molar-refractivity contribution >= 4 is 0 Å².